The molecule has 1 aromatic carbocycles. The Bertz CT molecular complexity index is 716. The summed E-state index contributed by atoms with van der Waals surface area (Å²) in [6.45, 7) is 1.81. The quantitative estimate of drug-likeness (QED) is 0.693. The van der Waals surface area contributed by atoms with Crippen LogP contribution < -0.4 is 5.32 Å². The van der Waals surface area contributed by atoms with E-state index in [9.17, 15) is 14.9 Å². The van der Waals surface area contributed by atoms with Gasteiger partial charge in [0, 0.05) is 6.07 Å². The molecule has 1 amide bonds. The molecule has 0 aliphatic carbocycles. The summed E-state index contributed by atoms with van der Waals surface area (Å²) in [5, 5.41) is 22.0. The second kappa shape index (κ2) is 6.15. The molecule has 2 aromatic rings. The van der Waals surface area contributed by atoms with E-state index in [0.29, 0.717) is 10.4 Å². The van der Waals surface area contributed by atoms with Gasteiger partial charge in [0.15, 0.2) is 0 Å². The van der Waals surface area contributed by atoms with Crippen molar-refractivity contribution in [2.45, 2.75) is 13.0 Å². The number of amides is 1. The van der Waals surface area contributed by atoms with Crippen LogP contribution in [0.2, 0.25) is 0 Å². The number of carbonyl (C=O) groups is 1. The van der Waals surface area contributed by atoms with Crippen molar-refractivity contribution in [3.8, 4) is 6.07 Å². The van der Waals surface area contributed by atoms with Crippen LogP contribution in [0.25, 0.3) is 0 Å². The zero-order chi connectivity index (χ0) is 15.4. The van der Waals surface area contributed by atoms with Crippen LogP contribution in [0.5, 0.6) is 0 Å². The molecular weight excluding hydrogens is 290 g/mol. The van der Waals surface area contributed by atoms with Gasteiger partial charge in [-0.15, -0.1) is 0 Å². The maximum Gasteiger partial charge on any atom is 0.324 e. The van der Waals surface area contributed by atoms with Gasteiger partial charge >= 0.3 is 5.00 Å². The number of carbonyl (C=O) groups excluding carboxylic acids is 1. The number of nitriles is 1. The minimum Gasteiger partial charge on any atom is -0.345 e. The zero-order valence-corrected chi connectivity index (χ0v) is 11.9. The van der Waals surface area contributed by atoms with Gasteiger partial charge in [0.25, 0.3) is 5.91 Å². The Kier molecular flexibility index (Phi) is 4.30. The third kappa shape index (κ3) is 3.43. The van der Waals surface area contributed by atoms with E-state index in [1.807, 2.05) is 6.07 Å². The minimum atomic E-state index is -0.522. The Labute approximate surface area is 124 Å². The van der Waals surface area contributed by atoms with E-state index in [1.165, 1.54) is 12.1 Å². The van der Waals surface area contributed by atoms with Gasteiger partial charge in [-0.1, -0.05) is 23.5 Å². The molecule has 1 unspecified atom stereocenters. The van der Waals surface area contributed by atoms with Crippen LogP contribution in [0.1, 0.15) is 33.8 Å². The lowest BCUT2D eigenvalue weighted by Crippen LogP contribution is -2.25. The summed E-state index contributed by atoms with van der Waals surface area (Å²) in [5.41, 5.74) is 1.40. The standard InChI is InChI=1S/C14H11N3O3S/c1-9(11-4-2-10(8-15)3-5-11)16-14(18)12-6-7-13(21-12)17(19)20/h2-7,9H,1H3,(H,16,18). The lowest BCUT2D eigenvalue weighted by Gasteiger charge is -2.13. The first kappa shape index (κ1) is 14.7. The van der Waals surface area contributed by atoms with Gasteiger partial charge in [0.2, 0.25) is 0 Å². The lowest BCUT2D eigenvalue weighted by molar-refractivity contribution is -0.380. The van der Waals surface area contributed by atoms with Gasteiger partial charge in [-0.25, -0.2) is 0 Å². The molecule has 106 valence electrons. The number of hydrogen-bond acceptors (Lipinski definition) is 5. The van der Waals surface area contributed by atoms with E-state index in [4.69, 9.17) is 5.26 Å². The highest BCUT2D eigenvalue weighted by atomic mass is 32.1. The van der Waals surface area contributed by atoms with Gasteiger partial charge in [-0.2, -0.15) is 5.26 Å². The molecule has 1 atom stereocenters. The number of nitro groups is 1. The number of rotatable bonds is 4. The summed E-state index contributed by atoms with van der Waals surface area (Å²) in [6, 6.07) is 11.4. The van der Waals surface area contributed by atoms with Crippen molar-refractivity contribution < 1.29 is 9.72 Å². The summed E-state index contributed by atoms with van der Waals surface area (Å²) in [5.74, 6) is -0.357. The minimum absolute atomic E-state index is 0.0637. The molecule has 1 heterocycles. The van der Waals surface area contributed by atoms with Crippen LogP contribution in [0.4, 0.5) is 5.00 Å². The van der Waals surface area contributed by atoms with E-state index in [2.05, 4.69) is 5.32 Å². The summed E-state index contributed by atoms with van der Waals surface area (Å²) in [4.78, 5) is 22.4. The topological polar surface area (TPSA) is 96.0 Å². The fourth-order valence-electron chi connectivity index (χ4n) is 1.75. The maximum atomic E-state index is 12.0. The van der Waals surface area contributed by atoms with Crippen LogP contribution in [0.15, 0.2) is 36.4 Å². The molecule has 0 saturated heterocycles. The Morgan fingerprint density at radius 2 is 2.00 bits per heavy atom. The highest BCUT2D eigenvalue weighted by Crippen LogP contribution is 2.24. The first-order valence-electron chi connectivity index (χ1n) is 6.06. The molecule has 0 bridgehead atoms. The second-order valence-corrected chi connectivity index (χ2v) is 5.39. The van der Waals surface area contributed by atoms with Crippen LogP contribution >= 0.6 is 11.3 Å². The molecule has 21 heavy (non-hydrogen) atoms. The zero-order valence-electron chi connectivity index (χ0n) is 11.1. The third-order valence-electron chi connectivity index (χ3n) is 2.88. The predicted molar refractivity (Wildman–Crippen MR) is 78.0 cm³/mol. The molecule has 0 aliphatic heterocycles. The third-order valence-corrected chi connectivity index (χ3v) is 3.92. The van der Waals surface area contributed by atoms with Crippen molar-refractivity contribution in [2.24, 2.45) is 0 Å². The monoisotopic (exact) mass is 301 g/mol. The van der Waals surface area contributed by atoms with Crippen LogP contribution in [-0.4, -0.2) is 10.8 Å². The Hall–Kier alpha value is -2.72. The van der Waals surface area contributed by atoms with E-state index in [0.717, 1.165) is 16.9 Å². The molecule has 0 fully saturated rings. The first-order valence-corrected chi connectivity index (χ1v) is 6.88. The second-order valence-electron chi connectivity index (χ2n) is 4.32. The Balaban J connectivity index is 2.07. The van der Waals surface area contributed by atoms with Gasteiger partial charge in [0.05, 0.1) is 27.5 Å². The molecule has 1 N–H and O–H groups in total. The largest absolute Gasteiger partial charge is 0.345 e. The van der Waals surface area contributed by atoms with Gasteiger partial charge in [0.1, 0.15) is 0 Å². The van der Waals surface area contributed by atoms with Crippen LogP contribution in [0.3, 0.4) is 0 Å². The fourth-order valence-corrected chi connectivity index (χ4v) is 2.47. The SMILES string of the molecule is CC(NC(=O)c1ccc([N+](=O)[O-])s1)c1ccc(C#N)cc1. The molecule has 0 aliphatic rings. The average Bonchev–Trinajstić information content (AvgIpc) is 2.97. The summed E-state index contributed by atoms with van der Waals surface area (Å²) >= 11 is 0.838. The highest BCUT2D eigenvalue weighted by Gasteiger charge is 2.17. The highest BCUT2D eigenvalue weighted by molar-refractivity contribution is 7.17. The van der Waals surface area contributed by atoms with Crippen molar-refractivity contribution in [1.82, 2.24) is 5.32 Å². The van der Waals surface area contributed by atoms with Gasteiger partial charge < -0.3 is 5.32 Å². The lowest BCUT2D eigenvalue weighted by atomic mass is 10.1. The molecule has 7 heteroatoms. The molecule has 2 rings (SSSR count). The number of benzene rings is 1. The Morgan fingerprint density at radius 3 is 2.52 bits per heavy atom. The number of thiophene rings is 1. The fraction of sp³-hybridized carbons (Fsp3) is 0.143. The molecule has 6 nitrogen and oxygen atoms in total. The smallest absolute Gasteiger partial charge is 0.324 e. The predicted octanol–water partition coefficient (Wildman–Crippen LogP) is 3.02. The molecule has 0 spiro atoms. The normalized spacial score (nSPS) is 11.4. The van der Waals surface area contributed by atoms with E-state index < -0.39 is 4.92 Å². The van der Waals surface area contributed by atoms with E-state index >= 15 is 0 Å². The average molecular weight is 301 g/mol. The maximum absolute atomic E-state index is 12.0. The van der Waals surface area contributed by atoms with Crippen LogP contribution in [-0.2, 0) is 0 Å². The molecule has 0 saturated carbocycles. The first-order chi connectivity index (χ1) is 10.0. The van der Waals surface area contributed by atoms with Crippen molar-refractivity contribution in [3.05, 3.63) is 62.5 Å². The van der Waals surface area contributed by atoms with Crippen molar-refractivity contribution in [3.63, 3.8) is 0 Å². The van der Waals surface area contributed by atoms with Crippen molar-refractivity contribution in [2.75, 3.05) is 0 Å². The molecule has 1 aromatic heterocycles. The summed E-state index contributed by atoms with van der Waals surface area (Å²) in [7, 11) is 0. The molecular formula is C14H11N3O3S. The molecule has 0 radical (unpaired) electrons. The Morgan fingerprint density at radius 1 is 1.33 bits per heavy atom. The summed E-state index contributed by atoms with van der Waals surface area (Å²) in [6.07, 6.45) is 0. The van der Waals surface area contributed by atoms with Gasteiger partial charge in [-0.05, 0) is 30.7 Å². The van der Waals surface area contributed by atoms with Crippen LogP contribution in [0, 0.1) is 21.4 Å². The van der Waals surface area contributed by atoms with Crippen molar-refractivity contribution >= 4 is 22.2 Å². The number of hydrogen-bond donors (Lipinski definition) is 1. The number of nitrogens with zero attached hydrogens (tertiary/aromatic N) is 2. The van der Waals surface area contributed by atoms with E-state index in [1.54, 1.807) is 31.2 Å². The van der Waals surface area contributed by atoms with E-state index in [-0.39, 0.29) is 17.0 Å². The van der Waals surface area contributed by atoms with Gasteiger partial charge in [-0.3, -0.25) is 14.9 Å². The summed E-state index contributed by atoms with van der Waals surface area (Å²) < 4.78 is 0. The number of nitrogens with one attached hydrogen (secondary N) is 1. The van der Waals surface area contributed by atoms with Crippen molar-refractivity contribution in [1.29, 1.82) is 5.26 Å².